The van der Waals surface area contributed by atoms with E-state index in [1.165, 1.54) is 11.1 Å². The summed E-state index contributed by atoms with van der Waals surface area (Å²) in [5.41, 5.74) is 3.53. The lowest BCUT2D eigenvalue weighted by Crippen LogP contribution is -2.43. The highest BCUT2D eigenvalue weighted by molar-refractivity contribution is 5.77. The van der Waals surface area contributed by atoms with E-state index < -0.39 is 0 Å². The maximum atomic E-state index is 12.4. The van der Waals surface area contributed by atoms with Gasteiger partial charge in [-0.05, 0) is 50.1 Å². The summed E-state index contributed by atoms with van der Waals surface area (Å²) in [6, 6.07) is 14.0. The summed E-state index contributed by atoms with van der Waals surface area (Å²) in [5, 5.41) is 0. The molecule has 0 bridgehead atoms. The smallest absolute Gasteiger partial charge is 0.260 e. The van der Waals surface area contributed by atoms with Gasteiger partial charge in [-0.15, -0.1) is 0 Å². The molecule has 0 aromatic heterocycles. The summed E-state index contributed by atoms with van der Waals surface area (Å²) in [4.78, 5) is 14.2. The quantitative estimate of drug-likeness (QED) is 0.814. The topological polar surface area (TPSA) is 38.8 Å². The van der Waals surface area contributed by atoms with Crippen LogP contribution in [-0.4, -0.2) is 36.6 Å². The summed E-state index contributed by atoms with van der Waals surface area (Å²) in [6.07, 6.45) is 1.87. The number of rotatable bonds is 5. The number of aryl methyl sites for hydroxylation is 3. The average molecular weight is 353 g/mol. The summed E-state index contributed by atoms with van der Waals surface area (Å²) >= 11 is 0. The fourth-order valence-electron chi connectivity index (χ4n) is 3.11. The van der Waals surface area contributed by atoms with Gasteiger partial charge in [0.05, 0.1) is 0 Å². The van der Waals surface area contributed by atoms with Gasteiger partial charge in [0.15, 0.2) is 6.61 Å². The molecule has 0 radical (unpaired) electrons. The number of amides is 1. The molecular formula is C22H27NO3. The molecule has 2 aromatic rings. The van der Waals surface area contributed by atoms with Crippen LogP contribution in [0.1, 0.15) is 29.5 Å². The number of carbonyl (C=O) groups is 1. The lowest BCUT2D eigenvalue weighted by atomic mass is 10.1. The second kappa shape index (κ2) is 8.26. The van der Waals surface area contributed by atoms with Gasteiger partial charge in [0.25, 0.3) is 5.91 Å². The van der Waals surface area contributed by atoms with Crippen LogP contribution in [0.2, 0.25) is 0 Å². The first-order valence-corrected chi connectivity index (χ1v) is 9.22. The predicted molar refractivity (Wildman–Crippen MR) is 103 cm³/mol. The second-order valence-corrected chi connectivity index (χ2v) is 7.07. The summed E-state index contributed by atoms with van der Waals surface area (Å²) < 4.78 is 11.8. The number of likely N-dealkylation sites (tertiary alicyclic amines) is 1. The van der Waals surface area contributed by atoms with Gasteiger partial charge in [0.2, 0.25) is 0 Å². The molecule has 0 N–H and O–H groups in total. The molecule has 1 aliphatic heterocycles. The first-order chi connectivity index (χ1) is 12.5. The van der Waals surface area contributed by atoms with Crippen LogP contribution in [0.5, 0.6) is 11.5 Å². The van der Waals surface area contributed by atoms with Gasteiger partial charge in [-0.25, -0.2) is 0 Å². The second-order valence-electron chi connectivity index (χ2n) is 7.07. The SMILES string of the molecule is Cc1ccc(OCC(=O)N2CCC(Oc3cc(C)ccc3C)CC2)cc1. The molecule has 1 fully saturated rings. The highest BCUT2D eigenvalue weighted by Gasteiger charge is 2.24. The van der Waals surface area contributed by atoms with Crippen LogP contribution >= 0.6 is 0 Å². The van der Waals surface area contributed by atoms with Crippen molar-refractivity contribution in [3.8, 4) is 11.5 Å². The normalized spacial score (nSPS) is 15.0. The van der Waals surface area contributed by atoms with E-state index in [1.807, 2.05) is 36.1 Å². The van der Waals surface area contributed by atoms with E-state index in [-0.39, 0.29) is 18.6 Å². The van der Waals surface area contributed by atoms with E-state index in [0.29, 0.717) is 13.1 Å². The highest BCUT2D eigenvalue weighted by Crippen LogP contribution is 2.24. The lowest BCUT2D eigenvalue weighted by molar-refractivity contribution is -0.135. The zero-order chi connectivity index (χ0) is 18.5. The number of nitrogens with zero attached hydrogens (tertiary/aromatic N) is 1. The fraction of sp³-hybridized carbons (Fsp3) is 0.409. The minimum Gasteiger partial charge on any atom is -0.490 e. The van der Waals surface area contributed by atoms with Crippen molar-refractivity contribution in [2.24, 2.45) is 0 Å². The van der Waals surface area contributed by atoms with Gasteiger partial charge in [-0.1, -0.05) is 29.8 Å². The molecule has 3 rings (SSSR count). The average Bonchev–Trinajstić information content (AvgIpc) is 2.64. The molecule has 0 spiro atoms. The van der Waals surface area contributed by atoms with Crippen LogP contribution in [0.15, 0.2) is 42.5 Å². The number of hydrogen-bond donors (Lipinski definition) is 0. The van der Waals surface area contributed by atoms with E-state index in [1.54, 1.807) is 0 Å². The Labute approximate surface area is 155 Å². The number of piperidine rings is 1. The van der Waals surface area contributed by atoms with Gasteiger partial charge in [-0.3, -0.25) is 4.79 Å². The van der Waals surface area contributed by atoms with Crippen LogP contribution in [0.25, 0.3) is 0 Å². The Bertz CT molecular complexity index is 746. The summed E-state index contributed by atoms with van der Waals surface area (Å²) in [5.74, 6) is 1.73. The Morgan fingerprint density at radius 2 is 1.65 bits per heavy atom. The molecule has 4 heteroatoms. The molecule has 138 valence electrons. The van der Waals surface area contributed by atoms with E-state index >= 15 is 0 Å². The maximum absolute atomic E-state index is 12.4. The summed E-state index contributed by atoms with van der Waals surface area (Å²) in [6.45, 7) is 7.68. The molecule has 0 aliphatic carbocycles. The summed E-state index contributed by atoms with van der Waals surface area (Å²) in [7, 11) is 0. The Balaban J connectivity index is 1.46. The van der Waals surface area contributed by atoms with Gasteiger partial charge in [0, 0.05) is 25.9 Å². The monoisotopic (exact) mass is 353 g/mol. The van der Waals surface area contributed by atoms with Crippen LogP contribution < -0.4 is 9.47 Å². The van der Waals surface area contributed by atoms with Gasteiger partial charge in [-0.2, -0.15) is 0 Å². The molecule has 4 nitrogen and oxygen atoms in total. The molecule has 26 heavy (non-hydrogen) atoms. The van der Waals surface area contributed by atoms with Gasteiger partial charge < -0.3 is 14.4 Å². The van der Waals surface area contributed by atoms with Crippen molar-refractivity contribution in [2.75, 3.05) is 19.7 Å². The van der Waals surface area contributed by atoms with Gasteiger partial charge >= 0.3 is 0 Å². The Morgan fingerprint density at radius 3 is 2.35 bits per heavy atom. The minimum absolute atomic E-state index is 0.0377. The molecule has 0 unspecified atom stereocenters. The third-order valence-corrected chi connectivity index (χ3v) is 4.82. The Hall–Kier alpha value is -2.49. The van der Waals surface area contributed by atoms with Crippen molar-refractivity contribution in [3.05, 3.63) is 59.2 Å². The molecule has 1 amide bonds. The van der Waals surface area contributed by atoms with Crippen molar-refractivity contribution < 1.29 is 14.3 Å². The highest BCUT2D eigenvalue weighted by atomic mass is 16.5. The third kappa shape index (κ3) is 4.78. The fourth-order valence-corrected chi connectivity index (χ4v) is 3.11. The standard InChI is InChI=1S/C22H27NO3/c1-16-5-8-19(9-6-16)25-15-22(24)23-12-10-20(11-13-23)26-21-14-17(2)4-7-18(21)3/h4-9,14,20H,10-13,15H2,1-3H3. The van der Waals surface area contributed by atoms with Crippen molar-refractivity contribution in [2.45, 2.75) is 39.7 Å². The van der Waals surface area contributed by atoms with E-state index in [2.05, 4.69) is 32.0 Å². The molecule has 0 atom stereocenters. The lowest BCUT2D eigenvalue weighted by Gasteiger charge is -2.32. The Morgan fingerprint density at radius 1 is 1.00 bits per heavy atom. The third-order valence-electron chi connectivity index (χ3n) is 4.82. The number of hydrogen-bond acceptors (Lipinski definition) is 3. The Kier molecular flexibility index (Phi) is 5.82. The first kappa shape index (κ1) is 18.3. The van der Waals surface area contributed by atoms with Gasteiger partial charge in [0.1, 0.15) is 17.6 Å². The number of ether oxygens (including phenoxy) is 2. The van der Waals surface area contributed by atoms with Crippen molar-refractivity contribution in [1.82, 2.24) is 4.90 Å². The molecule has 2 aromatic carbocycles. The van der Waals surface area contributed by atoms with Crippen molar-refractivity contribution in [3.63, 3.8) is 0 Å². The molecule has 0 saturated carbocycles. The van der Waals surface area contributed by atoms with Crippen LogP contribution in [0, 0.1) is 20.8 Å². The van der Waals surface area contributed by atoms with Crippen molar-refractivity contribution in [1.29, 1.82) is 0 Å². The number of carbonyl (C=O) groups excluding carboxylic acids is 1. The van der Waals surface area contributed by atoms with Crippen LogP contribution in [0.3, 0.4) is 0 Å². The first-order valence-electron chi connectivity index (χ1n) is 9.22. The molecule has 1 heterocycles. The van der Waals surface area contributed by atoms with Crippen LogP contribution in [0.4, 0.5) is 0 Å². The zero-order valence-electron chi connectivity index (χ0n) is 15.8. The largest absolute Gasteiger partial charge is 0.490 e. The number of benzene rings is 2. The molecule has 1 saturated heterocycles. The maximum Gasteiger partial charge on any atom is 0.260 e. The predicted octanol–water partition coefficient (Wildman–Crippen LogP) is 4.06. The zero-order valence-corrected chi connectivity index (χ0v) is 15.8. The van der Waals surface area contributed by atoms with E-state index in [0.717, 1.165) is 29.9 Å². The van der Waals surface area contributed by atoms with Crippen molar-refractivity contribution >= 4 is 5.91 Å². The molecule has 1 aliphatic rings. The minimum atomic E-state index is 0.0377. The molecular weight excluding hydrogens is 326 g/mol. The van der Waals surface area contributed by atoms with Crippen LogP contribution in [-0.2, 0) is 4.79 Å². The van der Waals surface area contributed by atoms with E-state index in [4.69, 9.17) is 9.47 Å². The van der Waals surface area contributed by atoms with E-state index in [9.17, 15) is 4.79 Å².